The highest BCUT2D eigenvalue weighted by molar-refractivity contribution is 6.19. The Hall–Kier alpha value is -2.46. The lowest BCUT2D eigenvalue weighted by Crippen LogP contribution is -2.34. The quantitative estimate of drug-likeness (QED) is 0.806. The molecule has 0 radical (unpaired) electrons. The van der Waals surface area contributed by atoms with Crippen LogP contribution < -0.4 is 5.43 Å². The Morgan fingerprint density at radius 1 is 1.10 bits per heavy atom. The highest BCUT2D eigenvalue weighted by Crippen LogP contribution is 2.36. The minimum absolute atomic E-state index is 0.859. The van der Waals surface area contributed by atoms with Gasteiger partial charge in [0.05, 0.1) is 17.6 Å². The van der Waals surface area contributed by atoms with Crippen molar-refractivity contribution in [3.63, 3.8) is 0 Å². The third kappa shape index (κ3) is 1.96. The van der Waals surface area contributed by atoms with E-state index in [1.165, 1.54) is 0 Å². The summed E-state index contributed by atoms with van der Waals surface area (Å²) in [7, 11) is 0. The van der Waals surface area contributed by atoms with Gasteiger partial charge in [-0.05, 0) is 24.6 Å². The summed E-state index contributed by atoms with van der Waals surface area (Å²) >= 11 is 6.53. The second-order valence-corrected chi connectivity index (χ2v) is 5.38. The van der Waals surface area contributed by atoms with E-state index < -0.39 is 0 Å². The normalized spacial score (nSPS) is 19.6. The SMILES string of the molecule is CC1=CC2=NC3=CC=C(c4ccccc4)N(Cl)C3=CN2N1. The molecule has 4 rings (SSSR count). The first-order valence-corrected chi connectivity index (χ1v) is 7.04. The number of fused-ring (bicyclic) bond motifs is 2. The Bertz CT molecular complexity index is 756. The van der Waals surface area contributed by atoms with E-state index in [0.29, 0.717) is 0 Å². The smallest absolute Gasteiger partial charge is 0.153 e. The van der Waals surface area contributed by atoms with Crippen LogP contribution in [0.5, 0.6) is 0 Å². The number of amidine groups is 1. The highest BCUT2D eigenvalue weighted by Gasteiger charge is 2.28. The fourth-order valence-corrected chi connectivity index (χ4v) is 2.83. The average molecular weight is 297 g/mol. The van der Waals surface area contributed by atoms with E-state index in [1.54, 1.807) is 4.42 Å². The monoisotopic (exact) mass is 296 g/mol. The van der Waals surface area contributed by atoms with Crippen LogP contribution in [0.15, 0.2) is 76.8 Å². The first-order valence-electron chi connectivity index (χ1n) is 6.71. The Morgan fingerprint density at radius 3 is 2.71 bits per heavy atom. The molecule has 0 unspecified atom stereocenters. The van der Waals surface area contributed by atoms with Crippen molar-refractivity contribution in [1.29, 1.82) is 0 Å². The molecule has 0 saturated carbocycles. The van der Waals surface area contributed by atoms with Crippen molar-refractivity contribution in [2.75, 3.05) is 0 Å². The topological polar surface area (TPSA) is 30.9 Å². The number of benzene rings is 1. The van der Waals surface area contributed by atoms with Gasteiger partial charge in [0.15, 0.2) is 5.84 Å². The summed E-state index contributed by atoms with van der Waals surface area (Å²) in [5.41, 5.74) is 8.01. The van der Waals surface area contributed by atoms with Gasteiger partial charge in [-0.2, -0.15) is 0 Å². The lowest BCUT2D eigenvalue weighted by molar-refractivity contribution is 0.463. The molecular weight excluding hydrogens is 284 g/mol. The molecule has 3 aliphatic rings. The molecule has 0 atom stereocenters. The maximum absolute atomic E-state index is 6.53. The van der Waals surface area contributed by atoms with Crippen LogP contribution >= 0.6 is 11.8 Å². The van der Waals surface area contributed by atoms with E-state index in [4.69, 9.17) is 11.8 Å². The van der Waals surface area contributed by atoms with Gasteiger partial charge in [0.2, 0.25) is 0 Å². The number of hydrazine groups is 1. The van der Waals surface area contributed by atoms with Gasteiger partial charge in [-0.25, -0.2) is 14.4 Å². The number of halogens is 1. The summed E-state index contributed by atoms with van der Waals surface area (Å²) in [5, 5.41) is 1.88. The molecule has 1 aromatic carbocycles. The number of hydrogen-bond donors (Lipinski definition) is 1. The molecular formula is C16H13ClN4. The molecule has 0 bridgehead atoms. The Balaban J connectivity index is 1.77. The maximum Gasteiger partial charge on any atom is 0.153 e. The number of allylic oxidation sites excluding steroid dienone is 3. The molecule has 0 spiro atoms. The van der Waals surface area contributed by atoms with Crippen molar-refractivity contribution in [3.05, 3.63) is 77.4 Å². The number of rotatable bonds is 1. The standard InChI is InChI=1S/C16H13ClN4/c1-11-9-16-18-13-7-8-14(12-5-3-2-4-6-12)21(17)15(13)10-20(16)19-11/h2-10,19H,1H3. The average Bonchev–Trinajstić information content (AvgIpc) is 2.86. The van der Waals surface area contributed by atoms with Gasteiger partial charge in [0.1, 0.15) is 5.70 Å². The van der Waals surface area contributed by atoms with Crippen LogP contribution in [0.3, 0.4) is 0 Å². The summed E-state index contributed by atoms with van der Waals surface area (Å²) < 4.78 is 1.65. The minimum atomic E-state index is 0.859. The van der Waals surface area contributed by atoms with E-state index in [0.717, 1.165) is 34.2 Å². The molecule has 21 heavy (non-hydrogen) atoms. The van der Waals surface area contributed by atoms with E-state index in [9.17, 15) is 0 Å². The van der Waals surface area contributed by atoms with Gasteiger partial charge in [0.25, 0.3) is 0 Å². The van der Waals surface area contributed by atoms with Crippen molar-refractivity contribution in [2.24, 2.45) is 4.99 Å². The molecule has 0 aliphatic carbocycles. The second-order valence-electron chi connectivity index (χ2n) is 5.04. The molecule has 4 nitrogen and oxygen atoms in total. The lowest BCUT2D eigenvalue weighted by Gasteiger charge is -2.30. The van der Waals surface area contributed by atoms with E-state index in [2.05, 4.69) is 10.4 Å². The van der Waals surface area contributed by atoms with Gasteiger partial charge < -0.3 is 0 Å². The summed E-state index contributed by atoms with van der Waals surface area (Å²) in [4.78, 5) is 4.62. The fourth-order valence-electron chi connectivity index (χ4n) is 2.54. The van der Waals surface area contributed by atoms with Crippen LogP contribution in [0.1, 0.15) is 12.5 Å². The molecule has 1 N–H and O–H groups in total. The molecule has 104 valence electrons. The van der Waals surface area contributed by atoms with Crippen molar-refractivity contribution >= 4 is 23.3 Å². The third-order valence-electron chi connectivity index (χ3n) is 3.53. The van der Waals surface area contributed by atoms with Crippen molar-refractivity contribution < 1.29 is 0 Å². The zero-order valence-corrected chi connectivity index (χ0v) is 12.2. The Labute approximate surface area is 128 Å². The number of nitrogens with one attached hydrogen (secondary N) is 1. The van der Waals surface area contributed by atoms with Crippen molar-refractivity contribution in [2.45, 2.75) is 6.92 Å². The molecule has 0 aromatic heterocycles. The van der Waals surface area contributed by atoms with Crippen LogP contribution in [0.25, 0.3) is 5.70 Å². The molecule has 5 heteroatoms. The van der Waals surface area contributed by atoms with E-state index in [1.807, 2.05) is 66.7 Å². The van der Waals surface area contributed by atoms with Crippen molar-refractivity contribution in [1.82, 2.24) is 14.9 Å². The van der Waals surface area contributed by atoms with E-state index in [-0.39, 0.29) is 0 Å². The molecule has 0 saturated heterocycles. The first-order chi connectivity index (χ1) is 10.2. The van der Waals surface area contributed by atoms with Crippen LogP contribution in [0, 0.1) is 0 Å². The van der Waals surface area contributed by atoms with Crippen LogP contribution in [0.4, 0.5) is 0 Å². The van der Waals surface area contributed by atoms with E-state index >= 15 is 0 Å². The van der Waals surface area contributed by atoms with Gasteiger partial charge in [-0.1, -0.05) is 30.3 Å². The lowest BCUT2D eigenvalue weighted by atomic mass is 10.1. The number of hydrogen-bond acceptors (Lipinski definition) is 4. The van der Waals surface area contributed by atoms with Crippen LogP contribution in [-0.4, -0.2) is 15.3 Å². The summed E-state index contributed by atoms with van der Waals surface area (Å²) in [5.74, 6) is 0.879. The van der Waals surface area contributed by atoms with Gasteiger partial charge in [-0.3, -0.25) is 5.43 Å². The fraction of sp³-hybridized carbons (Fsp3) is 0.0625. The molecule has 3 aliphatic heterocycles. The first kappa shape index (κ1) is 12.3. The zero-order valence-electron chi connectivity index (χ0n) is 11.4. The summed E-state index contributed by atoms with van der Waals surface area (Å²) in [6.07, 6.45) is 7.96. The number of aliphatic imine (C=N–C) groups is 1. The largest absolute Gasteiger partial charge is 0.297 e. The molecule has 0 amide bonds. The number of nitrogens with zero attached hydrogens (tertiary/aromatic N) is 3. The van der Waals surface area contributed by atoms with Gasteiger partial charge >= 0.3 is 0 Å². The summed E-state index contributed by atoms with van der Waals surface area (Å²) in [6.45, 7) is 2.00. The van der Waals surface area contributed by atoms with Gasteiger partial charge in [0, 0.05) is 23.5 Å². The Morgan fingerprint density at radius 2 is 1.90 bits per heavy atom. The zero-order chi connectivity index (χ0) is 14.4. The Kier molecular flexibility index (Phi) is 2.65. The third-order valence-corrected chi connectivity index (χ3v) is 3.89. The predicted molar refractivity (Wildman–Crippen MR) is 84.4 cm³/mol. The molecule has 3 heterocycles. The van der Waals surface area contributed by atoms with Crippen LogP contribution in [-0.2, 0) is 0 Å². The second kappa shape index (κ2) is 4.53. The minimum Gasteiger partial charge on any atom is -0.297 e. The maximum atomic E-state index is 6.53. The molecule has 1 aromatic rings. The van der Waals surface area contributed by atoms with Gasteiger partial charge in [-0.15, -0.1) is 0 Å². The predicted octanol–water partition coefficient (Wildman–Crippen LogP) is 3.36. The highest BCUT2D eigenvalue weighted by atomic mass is 35.5. The molecule has 0 fully saturated rings. The summed E-state index contributed by atoms with van der Waals surface area (Å²) in [6, 6.07) is 10.1. The van der Waals surface area contributed by atoms with Crippen molar-refractivity contribution in [3.8, 4) is 0 Å². The van der Waals surface area contributed by atoms with Crippen LogP contribution in [0.2, 0.25) is 0 Å².